The molecule has 1 aromatic rings. The summed E-state index contributed by atoms with van der Waals surface area (Å²) in [4.78, 5) is 10.6. The fourth-order valence-electron chi connectivity index (χ4n) is 2.87. The van der Waals surface area contributed by atoms with Crippen LogP contribution in [0.25, 0.3) is 0 Å². The fourth-order valence-corrected chi connectivity index (χ4v) is 3.28. The molecule has 0 spiro atoms. The molecule has 8 heteroatoms. The predicted molar refractivity (Wildman–Crippen MR) is 113 cm³/mol. The Bertz CT molecular complexity index is 800. The molecule has 1 aromatic carbocycles. The first-order chi connectivity index (χ1) is 12.8. The van der Waals surface area contributed by atoms with Crippen molar-refractivity contribution in [1.82, 2.24) is 9.80 Å². The van der Waals surface area contributed by atoms with E-state index in [0.717, 1.165) is 44.0 Å². The molecule has 1 saturated heterocycles. The summed E-state index contributed by atoms with van der Waals surface area (Å²) in [7, 11) is 3.69. The van der Waals surface area contributed by atoms with Crippen LogP contribution in [-0.4, -0.2) is 61.4 Å². The SMILES string of the molecule is C/C(=C(\C#N)C(=S)N=CN(C)C)N1CCCN(c2ccc(F)c(Cl)c2)CC1. The molecule has 0 unspecified atom stereocenters. The molecule has 1 heterocycles. The van der Waals surface area contributed by atoms with E-state index in [4.69, 9.17) is 23.8 Å². The van der Waals surface area contributed by atoms with Gasteiger partial charge in [-0.2, -0.15) is 5.26 Å². The number of nitrogens with zero attached hydrogens (tertiary/aromatic N) is 5. The summed E-state index contributed by atoms with van der Waals surface area (Å²) in [6, 6.07) is 6.98. The summed E-state index contributed by atoms with van der Waals surface area (Å²) in [5, 5.41) is 9.67. The number of aliphatic imine (C=N–C) groups is 1. The molecule has 0 bridgehead atoms. The van der Waals surface area contributed by atoms with Gasteiger partial charge in [-0.3, -0.25) is 0 Å². The maximum atomic E-state index is 13.4. The van der Waals surface area contributed by atoms with Crippen molar-refractivity contribution in [2.45, 2.75) is 13.3 Å². The van der Waals surface area contributed by atoms with Crippen molar-refractivity contribution in [3.63, 3.8) is 0 Å². The molecule has 0 saturated carbocycles. The van der Waals surface area contributed by atoms with Gasteiger partial charge in [0.1, 0.15) is 22.4 Å². The average Bonchev–Trinajstić information content (AvgIpc) is 2.89. The van der Waals surface area contributed by atoms with E-state index in [0.29, 0.717) is 5.57 Å². The van der Waals surface area contributed by atoms with E-state index in [9.17, 15) is 9.65 Å². The van der Waals surface area contributed by atoms with Gasteiger partial charge in [-0.05, 0) is 31.5 Å². The Labute approximate surface area is 170 Å². The number of allylic oxidation sites excluding steroid dienone is 1. The van der Waals surface area contributed by atoms with E-state index in [1.165, 1.54) is 6.07 Å². The lowest BCUT2D eigenvalue weighted by molar-refractivity contribution is 0.369. The molecule has 5 nitrogen and oxygen atoms in total. The Kier molecular flexibility index (Phi) is 7.57. The van der Waals surface area contributed by atoms with Crippen LogP contribution in [0.15, 0.2) is 34.5 Å². The van der Waals surface area contributed by atoms with E-state index < -0.39 is 5.82 Å². The number of benzene rings is 1. The number of hydrogen-bond donors (Lipinski definition) is 0. The highest BCUT2D eigenvalue weighted by atomic mass is 35.5. The zero-order chi connectivity index (χ0) is 20.0. The third-order valence-electron chi connectivity index (χ3n) is 4.33. The zero-order valence-electron chi connectivity index (χ0n) is 15.7. The average molecular weight is 408 g/mol. The van der Waals surface area contributed by atoms with Crippen molar-refractivity contribution < 1.29 is 4.39 Å². The summed E-state index contributed by atoms with van der Waals surface area (Å²) in [6.45, 7) is 5.01. The van der Waals surface area contributed by atoms with Crippen LogP contribution in [0.1, 0.15) is 13.3 Å². The van der Waals surface area contributed by atoms with Gasteiger partial charge in [0.05, 0.1) is 11.4 Å². The standard InChI is InChI=1S/C19H23ClFN5S/c1-14(16(12-22)19(27)23-13-24(2)3)25-7-4-8-26(10-9-25)15-5-6-18(21)17(20)11-15/h5-6,11,13H,4,7-10H2,1-3H3/b16-14-,23-13?. The normalized spacial score (nSPS) is 16.0. The molecule has 0 atom stereocenters. The molecule has 144 valence electrons. The molecule has 0 amide bonds. The van der Waals surface area contributed by atoms with Gasteiger partial charge in [0.15, 0.2) is 0 Å². The van der Waals surface area contributed by atoms with Gasteiger partial charge in [-0.1, -0.05) is 23.8 Å². The van der Waals surface area contributed by atoms with E-state index in [1.54, 1.807) is 23.4 Å². The van der Waals surface area contributed by atoms with Crippen molar-refractivity contribution in [3.8, 4) is 6.07 Å². The van der Waals surface area contributed by atoms with E-state index in [1.807, 2.05) is 21.0 Å². The number of halogens is 2. The summed E-state index contributed by atoms with van der Waals surface area (Å²) < 4.78 is 13.4. The number of nitriles is 1. The van der Waals surface area contributed by atoms with E-state index in [-0.39, 0.29) is 10.0 Å². The number of thiocarbonyl (C=S) groups is 1. The van der Waals surface area contributed by atoms with Gasteiger partial charge in [0.25, 0.3) is 0 Å². The lowest BCUT2D eigenvalue weighted by Gasteiger charge is -2.26. The van der Waals surface area contributed by atoms with Crippen molar-refractivity contribution in [1.29, 1.82) is 5.26 Å². The minimum atomic E-state index is -0.416. The molecular formula is C19H23ClFN5S. The summed E-state index contributed by atoms with van der Waals surface area (Å²) in [6.07, 6.45) is 2.49. The first kappa shape index (κ1) is 21.1. The molecule has 0 aliphatic carbocycles. The van der Waals surface area contributed by atoms with Crippen LogP contribution < -0.4 is 4.90 Å². The highest BCUT2D eigenvalue weighted by Gasteiger charge is 2.19. The van der Waals surface area contributed by atoms with Crippen molar-refractivity contribution in [2.24, 2.45) is 4.99 Å². The maximum absolute atomic E-state index is 13.4. The maximum Gasteiger partial charge on any atom is 0.147 e. The molecule has 1 fully saturated rings. The largest absolute Gasteiger partial charge is 0.372 e. The molecule has 1 aliphatic heterocycles. The lowest BCUT2D eigenvalue weighted by atomic mass is 10.2. The predicted octanol–water partition coefficient (Wildman–Crippen LogP) is 3.71. The lowest BCUT2D eigenvalue weighted by Crippen LogP contribution is -2.30. The van der Waals surface area contributed by atoms with Crippen molar-refractivity contribution in [3.05, 3.63) is 40.3 Å². The Morgan fingerprint density at radius 2 is 2.07 bits per heavy atom. The Hall–Kier alpha value is -2.17. The summed E-state index contributed by atoms with van der Waals surface area (Å²) >= 11 is 11.2. The van der Waals surface area contributed by atoms with Gasteiger partial charge in [0, 0.05) is 51.7 Å². The molecule has 0 aromatic heterocycles. The molecule has 27 heavy (non-hydrogen) atoms. The summed E-state index contributed by atoms with van der Waals surface area (Å²) in [5.74, 6) is -0.416. The van der Waals surface area contributed by atoms with Gasteiger partial charge < -0.3 is 14.7 Å². The second kappa shape index (κ2) is 9.67. The van der Waals surface area contributed by atoms with Crippen LogP contribution in [0.2, 0.25) is 5.02 Å². The van der Waals surface area contributed by atoms with Crippen LogP contribution in [0.4, 0.5) is 10.1 Å². The van der Waals surface area contributed by atoms with Crippen LogP contribution in [-0.2, 0) is 0 Å². The second-order valence-corrected chi connectivity index (χ2v) is 7.31. The molecule has 0 N–H and O–H groups in total. The minimum absolute atomic E-state index is 0.126. The first-order valence-electron chi connectivity index (χ1n) is 8.64. The van der Waals surface area contributed by atoms with Crippen molar-refractivity contribution in [2.75, 3.05) is 45.2 Å². The molecule has 1 aliphatic rings. The third-order valence-corrected chi connectivity index (χ3v) is 4.93. The quantitative estimate of drug-likeness (QED) is 0.250. The highest BCUT2D eigenvalue weighted by molar-refractivity contribution is 7.80. The highest BCUT2D eigenvalue weighted by Crippen LogP contribution is 2.24. The Morgan fingerprint density at radius 1 is 1.33 bits per heavy atom. The van der Waals surface area contributed by atoms with Crippen LogP contribution >= 0.6 is 23.8 Å². The monoisotopic (exact) mass is 407 g/mol. The van der Waals surface area contributed by atoms with Gasteiger partial charge in [-0.25, -0.2) is 9.38 Å². The van der Waals surface area contributed by atoms with Crippen LogP contribution in [0.3, 0.4) is 0 Å². The molecule has 0 radical (unpaired) electrons. The Morgan fingerprint density at radius 3 is 2.70 bits per heavy atom. The number of hydrogen-bond acceptors (Lipinski definition) is 4. The molecular weight excluding hydrogens is 385 g/mol. The molecule has 2 rings (SSSR count). The van der Waals surface area contributed by atoms with E-state index in [2.05, 4.69) is 20.9 Å². The van der Waals surface area contributed by atoms with Crippen molar-refractivity contribution >= 4 is 40.8 Å². The van der Waals surface area contributed by atoms with Gasteiger partial charge in [-0.15, -0.1) is 0 Å². The fraction of sp³-hybridized carbons (Fsp3) is 0.421. The van der Waals surface area contributed by atoms with Crippen LogP contribution in [0.5, 0.6) is 0 Å². The minimum Gasteiger partial charge on any atom is -0.372 e. The summed E-state index contributed by atoms with van der Waals surface area (Å²) in [5.41, 5.74) is 2.15. The number of anilines is 1. The Balaban J connectivity index is 2.14. The first-order valence-corrected chi connectivity index (χ1v) is 9.43. The third kappa shape index (κ3) is 5.65. The van der Waals surface area contributed by atoms with Crippen LogP contribution in [0, 0.1) is 17.1 Å². The van der Waals surface area contributed by atoms with Gasteiger partial charge >= 0.3 is 0 Å². The smallest absolute Gasteiger partial charge is 0.147 e. The van der Waals surface area contributed by atoms with Gasteiger partial charge in [0.2, 0.25) is 0 Å². The van der Waals surface area contributed by atoms with E-state index >= 15 is 0 Å². The number of rotatable bonds is 4. The topological polar surface area (TPSA) is 45.9 Å². The zero-order valence-corrected chi connectivity index (χ0v) is 17.3. The second-order valence-electron chi connectivity index (χ2n) is 6.51.